The summed E-state index contributed by atoms with van der Waals surface area (Å²) in [7, 11) is -3.34. The molecule has 0 aliphatic carbocycles. The third-order valence-corrected chi connectivity index (χ3v) is 4.07. The lowest BCUT2D eigenvalue weighted by Crippen LogP contribution is -2.08. The molecule has 0 saturated heterocycles. The third kappa shape index (κ3) is 2.12. The van der Waals surface area contributed by atoms with Crippen LogP contribution in [-0.2, 0) is 9.84 Å². The summed E-state index contributed by atoms with van der Waals surface area (Å²) in [6, 6.07) is 4.52. The molecule has 0 bridgehead atoms. The van der Waals surface area contributed by atoms with Gasteiger partial charge in [0.1, 0.15) is 0 Å². The normalized spacial score (nSPS) is 14.1. The number of hydrogen-bond acceptors (Lipinski definition) is 5. The van der Waals surface area contributed by atoms with Gasteiger partial charge in [0.2, 0.25) is 6.79 Å². The van der Waals surface area contributed by atoms with Crippen LogP contribution in [0.1, 0.15) is 6.42 Å². The first-order chi connectivity index (χ1) is 7.63. The highest BCUT2D eigenvalue weighted by molar-refractivity contribution is 7.91. The van der Waals surface area contributed by atoms with E-state index in [-0.39, 0.29) is 30.5 Å². The van der Waals surface area contributed by atoms with Crippen molar-refractivity contribution in [2.24, 2.45) is 0 Å². The molecule has 1 aromatic carbocycles. The van der Waals surface area contributed by atoms with Crippen molar-refractivity contribution >= 4 is 9.84 Å². The Morgan fingerprint density at radius 3 is 2.75 bits per heavy atom. The molecular weight excluding hydrogens is 232 g/mol. The van der Waals surface area contributed by atoms with Crippen LogP contribution in [0.5, 0.6) is 11.5 Å². The zero-order valence-corrected chi connectivity index (χ0v) is 9.37. The summed E-state index contributed by atoms with van der Waals surface area (Å²) in [6.07, 6.45) is 0.233. The molecule has 0 unspecified atom stereocenters. The van der Waals surface area contributed by atoms with Crippen LogP contribution < -0.4 is 9.47 Å². The number of aliphatic hydroxyl groups is 1. The molecule has 1 aromatic rings. The van der Waals surface area contributed by atoms with Crippen molar-refractivity contribution in [1.29, 1.82) is 0 Å². The van der Waals surface area contributed by atoms with Crippen LogP contribution in [-0.4, -0.2) is 32.7 Å². The average molecular weight is 244 g/mol. The first-order valence-electron chi connectivity index (χ1n) is 4.87. The monoisotopic (exact) mass is 244 g/mol. The molecule has 1 N–H and O–H groups in total. The Bertz CT molecular complexity index is 480. The van der Waals surface area contributed by atoms with E-state index in [9.17, 15) is 8.42 Å². The second-order valence-electron chi connectivity index (χ2n) is 3.41. The van der Waals surface area contributed by atoms with E-state index in [0.29, 0.717) is 11.5 Å². The van der Waals surface area contributed by atoms with Gasteiger partial charge >= 0.3 is 0 Å². The van der Waals surface area contributed by atoms with E-state index in [4.69, 9.17) is 14.6 Å². The van der Waals surface area contributed by atoms with Gasteiger partial charge in [0.25, 0.3) is 0 Å². The number of rotatable bonds is 4. The molecule has 16 heavy (non-hydrogen) atoms. The zero-order valence-electron chi connectivity index (χ0n) is 8.55. The van der Waals surface area contributed by atoms with Crippen molar-refractivity contribution in [2.45, 2.75) is 11.3 Å². The summed E-state index contributed by atoms with van der Waals surface area (Å²) in [6.45, 7) is -0.0146. The molecular formula is C10H12O5S. The summed E-state index contributed by atoms with van der Waals surface area (Å²) < 4.78 is 33.8. The van der Waals surface area contributed by atoms with Crippen molar-refractivity contribution in [1.82, 2.24) is 0 Å². The second kappa shape index (κ2) is 4.31. The fourth-order valence-electron chi connectivity index (χ4n) is 1.44. The molecule has 1 aliphatic heterocycles. The van der Waals surface area contributed by atoms with Gasteiger partial charge < -0.3 is 14.6 Å². The predicted molar refractivity (Wildman–Crippen MR) is 56.3 cm³/mol. The topological polar surface area (TPSA) is 72.8 Å². The highest BCUT2D eigenvalue weighted by atomic mass is 32.2. The first kappa shape index (κ1) is 11.2. The molecule has 6 heteroatoms. The van der Waals surface area contributed by atoms with Gasteiger partial charge in [-0.1, -0.05) is 0 Å². The maximum atomic E-state index is 11.8. The average Bonchev–Trinajstić information content (AvgIpc) is 2.73. The van der Waals surface area contributed by atoms with Gasteiger partial charge in [0.15, 0.2) is 21.3 Å². The zero-order chi connectivity index (χ0) is 11.6. The van der Waals surface area contributed by atoms with Crippen LogP contribution in [0.4, 0.5) is 0 Å². The van der Waals surface area contributed by atoms with Crippen LogP contribution in [0.3, 0.4) is 0 Å². The van der Waals surface area contributed by atoms with E-state index in [0.717, 1.165) is 0 Å². The van der Waals surface area contributed by atoms with Crippen molar-refractivity contribution in [3.63, 3.8) is 0 Å². The van der Waals surface area contributed by atoms with Crippen molar-refractivity contribution in [3.05, 3.63) is 18.2 Å². The van der Waals surface area contributed by atoms with Crippen molar-refractivity contribution in [2.75, 3.05) is 19.2 Å². The third-order valence-electron chi connectivity index (χ3n) is 2.27. The summed E-state index contributed by atoms with van der Waals surface area (Å²) in [5, 5.41) is 8.62. The number of benzene rings is 1. The molecule has 5 nitrogen and oxygen atoms in total. The minimum atomic E-state index is -3.34. The van der Waals surface area contributed by atoms with Gasteiger partial charge in [0, 0.05) is 12.7 Å². The second-order valence-corrected chi connectivity index (χ2v) is 5.52. The standard InChI is InChI=1S/C10H12O5S/c11-4-1-5-16(12,13)8-2-3-9-10(6-8)15-7-14-9/h2-3,6,11H,1,4-5,7H2. The molecule has 0 spiro atoms. The number of sulfone groups is 1. The molecule has 0 atom stereocenters. The van der Waals surface area contributed by atoms with E-state index in [1.54, 1.807) is 6.07 Å². The molecule has 0 amide bonds. The number of ether oxygens (including phenoxy) is 2. The lowest BCUT2D eigenvalue weighted by atomic mass is 10.3. The Kier molecular flexibility index (Phi) is 3.02. The van der Waals surface area contributed by atoms with Crippen LogP contribution in [0.25, 0.3) is 0 Å². The lowest BCUT2D eigenvalue weighted by Gasteiger charge is -2.04. The Balaban J connectivity index is 2.27. The highest BCUT2D eigenvalue weighted by Gasteiger charge is 2.19. The minimum Gasteiger partial charge on any atom is -0.454 e. The van der Waals surface area contributed by atoms with Gasteiger partial charge in [-0.25, -0.2) is 8.42 Å². The fraction of sp³-hybridized carbons (Fsp3) is 0.400. The van der Waals surface area contributed by atoms with E-state index in [2.05, 4.69) is 0 Å². The minimum absolute atomic E-state index is 0.0663. The molecule has 1 heterocycles. The Hall–Kier alpha value is -1.27. The van der Waals surface area contributed by atoms with Gasteiger partial charge in [-0.3, -0.25) is 0 Å². The molecule has 1 aliphatic rings. The first-order valence-corrected chi connectivity index (χ1v) is 6.52. The maximum Gasteiger partial charge on any atom is 0.231 e. The molecule has 0 fully saturated rings. The lowest BCUT2D eigenvalue weighted by molar-refractivity contribution is 0.174. The van der Waals surface area contributed by atoms with E-state index >= 15 is 0 Å². The summed E-state index contributed by atoms with van der Waals surface area (Å²) in [5.74, 6) is 0.939. The fourth-order valence-corrected chi connectivity index (χ4v) is 2.75. The SMILES string of the molecule is O=S(=O)(CCCO)c1ccc2c(c1)OCO2. The van der Waals surface area contributed by atoms with E-state index < -0.39 is 9.84 Å². The molecule has 0 radical (unpaired) electrons. The molecule has 2 rings (SSSR count). The van der Waals surface area contributed by atoms with Crippen LogP contribution in [0.2, 0.25) is 0 Å². The molecule has 0 saturated carbocycles. The van der Waals surface area contributed by atoms with Crippen molar-refractivity contribution in [3.8, 4) is 11.5 Å². The summed E-state index contributed by atoms with van der Waals surface area (Å²) in [5.41, 5.74) is 0. The van der Waals surface area contributed by atoms with Gasteiger partial charge in [-0.15, -0.1) is 0 Å². The summed E-state index contributed by atoms with van der Waals surface area (Å²) >= 11 is 0. The quantitative estimate of drug-likeness (QED) is 0.838. The maximum absolute atomic E-state index is 11.8. The van der Waals surface area contributed by atoms with Gasteiger partial charge in [-0.2, -0.15) is 0 Å². The summed E-state index contributed by atoms with van der Waals surface area (Å²) in [4.78, 5) is 0.199. The smallest absolute Gasteiger partial charge is 0.231 e. The number of fused-ring (bicyclic) bond motifs is 1. The van der Waals surface area contributed by atoms with Crippen LogP contribution in [0, 0.1) is 0 Å². The van der Waals surface area contributed by atoms with E-state index in [1.807, 2.05) is 0 Å². The largest absolute Gasteiger partial charge is 0.454 e. The van der Waals surface area contributed by atoms with Crippen LogP contribution in [0.15, 0.2) is 23.1 Å². The van der Waals surface area contributed by atoms with Crippen molar-refractivity contribution < 1.29 is 23.0 Å². The number of hydrogen-bond donors (Lipinski definition) is 1. The highest BCUT2D eigenvalue weighted by Crippen LogP contribution is 2.34. The van der Waals surface area contributed by atoms with Crippen LogP contribution >= 0.6 is 0 Å². The molecule has 0 aromatic heterocycles. The molecule has 88 valence electrons. The number of aliphatic hydroxyl groups excluding tert-OH is 1. The van der Waals surface area contributed by atoms with Gasteiger partial charge in [-0.05, 0) is 18.6 Å². The van der Waals surface area contributed by atoms with Gasteiger partial charge in [0.05, 0.1) is 10.6 Å². The Morgan fingerprint density at radius 1 is 1.25 bits per heavy atom. The Morgan fingerprint density at radius 2 is 2.00 bits per heavy atom. The Labute approximate surface area is 93.5 Å². The van der Waals surface area contributed by atoms with E-state index in [1.165, 1.54) is 12.1 Å². The predicted octanol–water partition coefficient (Wildman–Crippen LogP) is 0.571.